The summed E-state index contributed by atoms with van der Waals surface area (Å²) in [5.74, 6) is 0. The minimum Gasteiger partial charge on any atom is -0.314 e. The summed E-state index contributed by atoms with van der Waals surface area (Å²) < 4.78 is 0. The number of nitrogens with one attached hydrogen (secondary N) is 2. The lowest BCUT2D eigenvalue weighted by Crippen LogP contribution is -2.42. The van der Waals surface area contributed by atoms with Crippen molar-refractivity contribution in [3.63, 3.8) is 0 Å². The molecule has 0 spiro atoms. The number of hydrogen-bond acceptors (Lipinski definition) is 5. The van der Waals surface area contributed by atoms with Gasteiger partial charge in [0.05, 0.1) is 4.92 Å². The topological polar surface area (TPSA) is 67.2 Å². The van der Waals surface area contributed by atoms with Gasteiger partial charge in [-0.3, -0.25) is 10.1 Å². The molecule has 1 fully saturated rings. The highest BCUT2D eigenvalue weighted by atomic mass is 35.5. The van der Waals surface area contributed by atoms with E-state index in [1.807, 2.05) is 5.38 Å². The molecule has 0 radical (unpaired) electrons. The van der Waals surface area contributed by atoms with Gasteiger partial charge < -0.3 is 10.6 Å². The van der Waals surface area contributed by atoms with Crippen LogP contribution in [0.4, 0.5) is 5.00 Å². The van der Waals surface area contributed by atoms with Crippen LogP contribution < -0.4 is 10.6 Å². The van der Waals surface area contributed by atoms with Crippen molar-refractivity contribution >= 4 is 28.7 Å². The fourth-order valence-electron chi connectivity index (χ4n) is 1.51. The van der Waals surface area contributed by atoms with Crippen LogP contribution in [0.3, 0.4) is 0 Å². The standard InChI is InChI=1S/C8H11N3O2S.ClH/c12-11(13)8-3-6(5-14-8)7-4-9-1-2-10-7;/h3,5,7,9-10H,1-2,4H2;1H/t7-;/m0./s1. The molecule has 0 aliphatic carbocycles. The quantitative estimate of drug-likeness (QED) is 0.613. The predicted molar refractivity (Wildman–Crippen MR) is 61.8 cm³/mol. The molecule has 7 heteroatoms. The molecule has 15 heavy (non-hydrogen) atoms. The van der Waals surface area contributed by atoms with Crippen molar-refractivity contribution < 1.29 is 4.92 Å². The van der Waals surface area contributed by atoms with Gasteiger partial charge in [-0.25, -0.2) is 0 Å². The van der Waals surface area contributed by atoms with Crippen LogP contribution in [0.25, 0.3) is 0 Å². The first-order valence-corrected chi connectivity index (χ1v) is 5.32. The SMILES string of the molecule is Cl.O=[N+]([O-])c1cc([C@@H]2CNCCN2)cs1. The van der Waals surface area contributed by atoms with Gasteiger partial charge in [0.25, 0.3) is 0 Å². The van der Waals surface area contributed by atoms with Crippen molar-refractivity contribution in [2.75, 3.05) is 19.6 Å². The second kappa shape index (κ2) is 5.41. The van der Waals surface area contributed by atoms with Crippen molar-refractivity contribution in [2.24, 2.45) is 0 Å². The van der Waals surface area contributed by atoms with Crippen LogP contribution in [0, 0.1) is 10.1 Å². The third kappa shape index (κ3) is 2.88. The van der Waals surface area contributed by atoms with Crippen LogP contribution in [0.5, 0.6) is 0 Å². The Bertz CT molecular complexity index is 338. The highest BCUT2D eigenvalue weighted by molar-refractivity contribution is 7.13. The Labute approximate surface area is 97.4 Å². The van der Waals surface area contributed by atoms with Gasteiger partial charge >= 0.3 is 5.00 Å². The molecule has 1 atom stereocenters. The van der Waals surface area contributed by atoms with E-state index in [1.165, 1.54) is 11.3 Å². The summed E-state index contributed by atoms with van der Waals surface area (Å²) in [6.45, 7) is 2.71. The zero-order chi connectivity index (χ0) is 9.97. The van der Waals surface area contributed by atoms with Crippen LogP contribution in [-0.4, -0.2) is 24.6 Å². The Morgan fingerprint density at radius 3 is 2.87 bits per heavy atom. The Hall–Kier alpha value is -0.690. The monoisotopic (exact) mass is 249 g/mol. The Kier molecular flexibility index (Phi) is 4.46. The number of rotatable bonds is 2. The van der Waals surface area contributed by atoms with E-state index in [0.29, 0.717) is 0 Å². The molecule has 0 amide bonds. The molecular weight excluding hydrogens is 238 g/mol. The molecule has 1 aliphatic heterocycles. The van der Waals surface area contributed by atoms with E-state index in [4.69, 9.17) is 0 Å². The Morgan fingerprint density at radius 1 is 1.53 bits per heavy atom. The third-order valence-electron chi connectivity index (χ3n) is 2.23. The van der Waals surface area contributed by atoms with Gasteiger partial charge in [0.1, 0.15) is 0 Å². The summed E-state index contributed by atoms with van der Waals surface area (Å²) in [7, 11) is 0. The minimum absolute atomic E-state index is 0. The number of nitro groups is 1. The smallest absolute Gasteiger partial charge is 0.314 e. The number of thiophene rings is 1. The van der Waals surface area contributed by atoms with Gasteiger partial charge in [-0.15, -0.1) is 12.4 Å². The van der Waals surface area contributed by atoms with E-state index in [1.54, 1.807) is 6.07 Å². The van der Waals surface area contributed by atoms with Crippen LogP contribution in [-0.2, 0) is 0 Å². The molecule has 84 valence electrons. The van der Waals surface area contributed by atoms with Crippen LogP contribution in [0.1, 0.15) is 11.6 Å². The van der Waals surface area contributed by atoms with Gasteiger partial charge in [-0.1, -0.05) is 11.3 Å². The summed E-state index contributed by atoms with van der Waals surface area (Å²) in [5.41, 5.74) is 1.01. The molecule has 0 saturated carbocycles. The summed E-state index contributed by atoms with van der Waals surface area (Å²) in [6, 6.07) is 1.86. The predicted octanol–water partition coefficient (Wildman–Crippen LogP) is 1.31. The number of piperazine rings is 1. The van der Waals surface area contributed by atoms with Gasteiger partial charge in [-0.2, -0.15) is 0 Å². The molecule has 1 aliphatic rings. The van der Waals surface area contributed by atoms with E-state index in [2.05, 4.69) is 10.6 Å². The van der Waals surface area contributed by atoms with E-state index < -0.39 is 0 Å². The summed E-state index contributed by atoms with van der Waals surface area (Å²) >= 11 is 1.18. The number of nitrogens with zero attached hydrogens (tertiary/aromatic N) is 1. The van der Waals surface area contributed by atoms with Crippen molar-refractivity contribution in [3.8, 4) is 0 Å². The largest absolute Gasteiger partial charge is 0.324 e. The Morgan fingerprint density at radius 2 is 2.33 bits per heavy atom. The molecule has 1 aromatic rings. The highest BCUT2D eigenvalue weighted by Crippen LogP contribution is 2.26. The molecule has 2 N–H and O–H groups in total. The summed E-state index contributed by atoms with van der Waals surface area (Å²) in [4.78, 5) is 10.1. The van der Waals surface area contributed by atoms with Gasteiger partial charge in [-0.05, 0) is 5.56 Å². The first-order chi connectivity index (χ1) is 6.77. The average Bonchev–Trinajstić information content (AvgIpc) is 2.68. The normalized spacial score (nSPS) is 20.7. The maximum Gasteiger partial charge on any atom is 0.324 e. The number of hydrogen-bond donors (Lipinski definition) is 2. The van der Waals surface area contributed by atoms with Crippen molar-refractivity contribution in [2.45, 2.75) is 6.04 Å². The maximum atomic E-state index is 10.5. The van der Waals surface area contributed by atoms with Crippen molar-refractivity contribution in [1.29, 1.82) is 0 Å². The number of halogens is 1. The average molecular weight is 250 g/mol. The van der Waals surface area contributed by atoms with E-state index >= 15 is 0 Å². The first kappa shape index (κ1) is 12.4. The minimum atomic E-state index is -0.343. The lowest BCUT2D eigenvalue weighted by molar-refractivity contribution is -0.380. The zero-order valence-electron chi connectivity index (χ0n) is 7.93. The summed E-state index contributed by atoms with van der Waals surface area (Å²) in [6.07, 6.45) is 0. The molecule has 5 nitrogen and oxygen atoms in total. The van der Waals surface area contributed by atoms with Crippen LogP contribution in [0.2, 0.25) is 0 Å². The lowest BCUT2D eigenvalue weighted by Gasteiger charge is -2.23. The van der Waals surface area contributed by atoms with Gasteiger partial charge in [0.15, 0.2) is 0 Å². The van der Waals surface area contributed by atoms with E-state index in [0.717, 1.165) is 25.2 Å². The van der Waals surface area contributed by atoms with Gasteiger partial charge in [0.2, 0.25) is 0 Å². The fraction of sp³-hybridized carbons (Fsp3) is 0.500. The van der Waals surface area contributed by atoms with Crippen molar-refractivity contribution in [1.82, 2.24) is 10.6 Å². The molecule has 2 heterocycles. The van der Waals surface area contributed by atoms with E-state index in [9.17, 15) is 10.1 Å². The second-order valence-electron chi connectivity index (χ2n) is 3.19. The maximum absolute atomic E-state index is 10.5. The lowest BCUT2D eigenvalue weighted by atomic mass is 10.1. The van der Waals surface area contributed by atoms with Crippen molar-refractivity contribution in [3.05, 3.63) is 27.1 Å². The first-order valence-electron chi connectivity index (χ1n) is 4.44. The van der Waals surface area contributed by atoms with Crippen LogP contribution in [0.15, 0.2) is 11.4 Å². The highest BCUT2D eigenvalue weighted by Gasteiger charge is 2.18. The molecule has 0 unspecified atom stereocenters. The van der Waals surface area contributed by atoms with Crippen LogP contribution >= 0.6 is 23.7 Å². The molecule has 1 saturated heterocycles. The molecule has 0 aromatic carbocycles. The summed E-state index contributed by atoms with van der Waals surface area (Å²) in [5, 5.41) is 19.1. The molecule has 1 aromatic heterocycles. The van der Waals surface area contributed by atoms with Gasteiger partial charge in [0, 0.05) is 37.1 Å². The molecular formula is C8H12ClN3O2S. The molecule has 2 rings (SSSR count). The third-order valence-corrected chi connectivity index (χ3v) is 3.13. The second-order valence-corrected chi connectivity index (χ2v) is 4.08. The Balaban J connectivity index is 0.00000112. The molecule has 0 bridgehead atoms. The fourth-order valence-corrected chi connectivity index (χ4v) is 2.29. The zero-order valence-corrected chi connectivity index (χ0v) is 9.57. The van der Waals surface area contributed by atoms with E-state index in [-0.39, 0.29) is 28.4 Å².